The summed E-state index contributed by atoms with van der Waals surface area (Å²) in [5.74, 6) is -0.559. The third kappa shape index (κ3) is 3.38. The number of amides is 1. The molecule has 138 valence electrons. The van der Waals surface area contributed by atoms with Crippen LogP contribution in [0.1, 0.15) is 32.4 Å². The lowest BCUT2D eigenvalue weighted by Crippen LogP contribution is -2.43. The number of imidazole rings is 1. The SMILES string of the molecule is COC(=O)C1c2ccsc2CCN1C(=O)c1ccc(Cn2ccnc2)cc1. The van der Waals surface area contributed by atoms with Gasteiger partial charge in [0.25, 0.3) is 5.91 Å². The van der Waals surface area contributed by atoms with Crippen molar-refractivity contribution in [2.75, 3.05) is 13.7 Å². The molecule has 2 aromatic heterocycles. The van der Waals surface area contributed by atoms with Crippen molar-refractivity contribution in [3.05, 3.63) is 76.0 Å². The van der Waals surface area contributed by atoms with Gasteiger partial charge in [-0.15, -0.1) is 11.3 Å². The van der Waals surface area contributed by atoms with Crippen molar-refractivity contribution >= 4 is 23.2 Å². The number of hydrogen-bond acceptors (Lipinski definition) is 5. The summed E-state index contributed by atoms with van der Waals surface area (Å²) >= 11 is 1.62. The van der Waals surface area contributed by atoms with Crippen LogP contribution in [0.15, 0.2) is 54.4 Å². The molecule has 3 aromatic rings. The average molecular weight is 381 g/mol. The molecule has 0 spiro atoms. The zero-order valence-electron chi connectivity index (χ0n) is 14.9. The first-order valence-corrected chi connectivity index (χ1v) is 9.55. The van der Waals surface area contributed by atoms with Gasteiger partial charge in [-0.2, -0.15) is 0 Å². The number of thiophene rings is 1. The van der Waals surface area contributed by atoms with Crippen molar-refractivity contribution in [3.8, 4) is 0 Å². The van der Waals surface area contributed by atoms with Gasteiger partial charge in [0.1, 0.15) is 0 Å². The normalized spacial score (nSPS) is 16.0. The highest BCUT2D eigenvalue weighted by Crippen LogP contribution is 2.35. The molecule has 1 amide bonds. The maximum absolute atomic E-state index is 13.1. The van der Waals surface area contributed by atoms with Gasteiger partial charge in [0.05, 0.1) is 13.4 Å². The molecule has 1 aromatic carbocycles. The van der Waals surface area contributed by atoms with E-state index in [0.717, 1.165) is 22.4 Å². The summed E-state index contributed by atoms with van der Waals surface area (Å²) in [7, 11) is 1.36. The molecule has 0 fully saturated rings. The van der Waals surface area contributed by atoms with Crippen LogP contribution in [0.5, 0.6) is 0 Å². The van der Waals surface area contributed by atoms with Crippen LogP contribution in [0.3, 0.4) is 0 Å². The fourth-order valence-electron chi connectivity index (χ4n) is 3.41. The van der Waals surface area contributed by atoms with Crippen LogP contribution in [0.2, 0.25) is 0 Å². The highest BCUT2D eigenvalue weighted by Gasteiger charge is 2.37. The fraction of sp³-hybridized carbons (Fsp3) is 0.250. The van der Waals surface area contributed by atoms with E-state index in [2.05, 4.69) is 4.98 Å². The number of hydrogen-bond donors (Lipinski definition) is 0. The summed E-state index contributed by atoms with van der Waals surface area (Å²) in [5, 5.41) is 1.96. The Morgan fingerprint density at radius 2 is 2.07 bits per heavy atom. The van der Waals surface area contributed by atoms with Gasteiger partial charge in [-0.05, 0) is 41.1 Å². The Labute approximate surface area is 161 Å². The summed E-state index contributed by atoms with van der Waals surface area (Å²) in [6, 6.07) is 8.72. The topological polar surface area (TPSA) is 64.4 Å². The standard InChI is InChI=1S/C20H19N3O3S/c1-26-20(25)18-16-7-11-27-17(16)6-9-23(18)19(24)15-4-2-14(3-5-15)12-22-10-8-21-13-22/h2-5,7-8,10-11,13,18H,6,9,12H2,1H3. The van der Waals surface area contributed by atoms with Crippen LogP contribution >= 0.6 is 11.3 Å². The third-order valence-electron chi connectivity index (χ3n) is 4.78. The van der Waals surface area contributed by atoms with Gasteiger partial charge in [0, 0.05) is 35.9 Å². The summed E-state index contributed by atoms with van der Waals surface area (Å²) in [6.45, 7) is 1.20. The fourth-order valence-corrected chi connectivity index (χ4v) is 4.31. The van der Waals surface area contributed by atoms with E-state index in [9.17, 15) is 9.59 Å². The van der Waals surface area contributed by atoms with Crippen LogP contribution < -0.4 is 0 Å². The molecular formula is C20H19N3O3S. The number of nitrogens with zero attached hydrogens (tertiary/aromatic N) is 3. The molecule has 1 atom stereocenters. The first-order chi connectivity index (χ1) is 13.2. The highest BCUT2D eigenvalue weighted by atomic mass is 32.1. The monoisotopic (exact) mass is 381 g/mol. The van der Waals surface area contributed by atoms with E-state index in [1.807, 2.05) is 46.5 Å². The van der Waals surface area contributed by atoms with Crippen molar-refractivity contribution in [1.82, 2.24) is 14.5 Å². The van der Waals surface area contributed by atoms with Gasteiger partial charge in [-0.1, -0.05) is 12.1 Å². The summed E-state index contributed by atoms with van der Waals surface area (Å²) < 4.78 is 6.94. The smallest absolute Gasteiger partial charge is 0.333 e. The molecular weight excluding hydrogens is 362 g/mol. The molecule has 0 saturated heterocycles. The number of ether oxygens (including phenoxy) is 1. The first kappa shape index (κ1) is 17.5. The largest absolute Gasteiger partial charge is 0.467 e. The lowest BCUT2D eigenvalue weighted by molar-refractivity contribution is -0.146. The molecule has 3 heterocycles. The van der Waals surface area contributed by atoms with Crippen LogP contribution in [-0.4, -0.2) is 40.0 Å². The zero-order chi connectivity index (χ0) is 18.8. The van der Waals surface area contributed by atoms with Gasteiger partial charge in [-0.3, -0.25) is 4.79 Å². The average Bonchev–Trinajstić information content (AvgIpc) is 3.38. The molecule has 1 aliphatic heterocycles. The Balaban J connectivity index is 1.57. The maximum atomic E-state index is 13.1. The van der Waals surface area contributed by atoms with E-state index in [4.69, 9.17) is 4.74 Å². The molecule has 1 unspecified atom stereocenters. The van der Waals surface area contributed by atoms with E-state index in [1.54, 1.807) is 28.8 Å². The Kier molecular flexibility index (Phi) is 4.77. The Hall–Kier alpha value is -2.93. The molecule has 0 bridgehead atoms. The number of methoxy groups -OCH3 is 1. The van der Waals surface area contributed by atoms with E-state index >= 15 is 0 Å². The van der Waals surface area contributed by atoms with Crippen LogP contribution in [-0.2, 0) is 22.5 Å². The lowest BCUT2D eigenvalue weighted by atomic mass is 9.98. The number of carbonyl (C=O) groups is 2. The van der Waals surface area contributed by atoms with Crippen LogP contribution in [0.4, 0.5) is 0 Å². The van der Waals surface area contributed by atoms with Gasteiger partial charge in [-0.25, -0.2) is 9.78 Å². The number of fused-ring (bicyclic) bond motifs is 1. The minimum atomic E-state index is -0.678. The Bertz CT molecular complexity index is 947. The molecule has 0 N–H and O–H groups in total. The van der Waals surface area contributed by atoms with Crippen molar-refractivity contribution in [2.24, 2.45) is 0 Å². The molecule has 4 rings (SSSR count). The number of rotatable bonds is 4. The number of carbonyl (C=O) groups excluding carboxylic acids is 2. The Morgan fingerprint density at radius 3 is 2.78 bits per heavy atom. The summed E-state index contributed by atoms with van der Waals surface area (Å²) in [5.41, 5.74) is 2.52. The third-order valence-corrected chi connectivity index (χ3v) is 5.77. The van der Waals surface area contributed by atoms with Crippen molar-refractivity contribution in [1.29, 1.82) is 0 Å². The highest BCUT2D eigenvalue weighted by molar-refractivity contribution is 7.10. The van der Waals surface area contributed by atoms with Crippen molar-refractivity contribution in [3.63, 3.8) is 0 Å². The van der Waals surface area contributed by atoms with Crippen LogP contribution in [0, 0.1) is 0 Å². The molecule has 27 heavy (non-hydrogen) atoms. The quantitative estimate of drug-likeness (QED) is 0.652. The predicted octanol–water partition coefficient (Wildman–Crippen LogP) is 2.91. The molecule has 0 saturated carbocycles. The second kappa shape index (κ2) is 7.36. The maximum Gasteiger partial charge on any atom is 0.333 e. The van der Waals surface area contributed by atoms with Crippen LogP contribution in [0.25, 0.3) is 0 Å². The van der Waals surface area contributed by atoms with Crippen molar-refractivity contribution in [2.45, 2.75) is 19.0 Å². The van der Waals surface area contributed by atoms with E-state index in [0.29, 0.717) is 18.7 Å². The first-order valence-electron chi connectivity index (χ1n) is 8.67. The van der Waals surface area contributed by atoms with E-state index in [-0.39, 0.29) is 5.91 Å². The molecule has 0 aliphatic carbocycles. The summed E-state index contributed by atoms with van der Waals surface area (Å²) in [4.78, 5) is 32.3. The molecule has 1 aliphatic rings. The van der Waals surface area contributed by atoms with Gasteiger partial charge in [0.15, 0.2) is 6.04 Å². The zero-order valence-corrected chi connectivity index (χ0v) is 15.7. The minimum absolute atomic E-state index is 0.156. The lowest BCUT2D eigenvalue weighted by Gasteiger charge is -2.34. The number of aromatic nitrogens is 2. The van der Waals surface area contributed by atoms with Crippen molar-refractivity contribution < 1.29 is 14.3 Å². The number of esters is 1. The van der Waals surface area contributed by atoms with Gasteiger partial charge < -0.3 is 14.2 Å². The van der Waals surface area contributed by atoms with Gasteiger partial charge in [0.2, 0.25) is 0 Å². The molecule has 7 heteroatoms. The second-order valence-electron chi connectivity index (χ2n) is 6.41. The minimum Gasteiger partial charge on any atom is -0.467 e. The van der Waals surface area contributed by atoms with E-state index in [1.165, 1.54) is 7.11 Å². The number of benzene rings is 1. The molecule has 0 radical (unpaired) electrons. The van der Waals surface area contributed by atoms with Gasteiger partial charge >= 0.3 is 5.97 Å². The predicted molar refractivity (Wildman–Crippen MR) is 102 cm³/mol. The Morgan fingerprint density at radius 1 is 1.26 bits per heavy atom. The summed E-state index contributed by atoms with van der Waals surface area (Å²) in [6.07, 6.45) is 6.14. The van der Waals surface area contributed by atoms with E-state index < -0.39 is 12.0 Å². The second-order valence-corrected chi connectivity index (χ2v) is 7.41. The molecule has 6 nitrogen and oxygen atoms in total.